The minimum atomic E-state index is -0.311. The molecule has 0 spiro atoms. The van der Waals surface area contributed by atoms with Gasteiger partial charge in [0.1, 0.15) is 11.8 Å². The zero-order chi connectivity index (χ0) is 13.8. The first-order valence-electron chi connectivity index (χ1n) is 5.64. The monoisotopic (exact) mass is 252 g/mol. The highest BCUT2D eigenvalue weighted by molar-refractivity contribution is 6.05. The van der Waals surface area contributed by atoms with Crippen LogP contribution in [0.25, 0.3) is 0 Å². The number of carbonyl (C=O) groups excluding carboxylic acids is 1. The van der Waals surface area contributed by atoms with Gasteiger partial charge in [0.15, 0.2) is 0 Å². The van der Waals surface area contributed by atoms with Gasteiger partial charge in [-0.15, -0.1) is 0 Å². The molecule has 2 rings (SSSR count). The van der Waals surface area contributed by atoms with Crippen LogP contribution in [0.2, 0.25) is 0 Å². The van der Waals surface area contributed by atoms with Crippen molar-refractivity contribution in [2.45, 2.75) is 6.92 Å². The molecule has 5 nitrogen and oxygen atoms in total. The number of nitrogens with zero attached hydrogens (tertiary/aromatic N) is 2. The van der Waals surface area contributed by atoms with Crippen molar-refractivity contribution >= 4 is 17.3 Å². The number of amides is 1. The van der Waals surface area contributed by atoms with E-state index in [9.17, 15) is 4.79 Å². The van der Waals surface area contributed by atoms with Crippen LogP contribution in [0.4, 0.5) is 11.4 Å². The number of aryl methyl sites for hydroxylation is 1. The average Bonchev–Trinajstić information content (AvgIpc) is 2.43. The lowest BCUT2D eigenvalue weighted by molar-refractivity contribution is 0.102. The highest BCUT2D eigenvalue weighted by Gasteiger charge is 2.08. The Kier molecular flexibility index (Phi) is 3.44. The lowest BCUT2D eigenvalue weighted by atomic mass is 10.2. The second kappa shape index (κ2) is 5.19. The third-order valence-electron chi connectivity index (χ3n) is 2.60. The fourth-order valence-corrected chi connectivity index (χ4v) is 1.57. The number of benzene rings is 1. The van der Waals surface area contributed by atoms with Crippen LogP contribution in [0.15, 0.2) is 36.5 Å². The number of pyridine rings is 1. The van der Waals surface area contributed by atoms with E-state index in [1.165, 1.54) is 12.3 Å². The van der Waals surface area contributed by atoms with Crippen molar-refractivity contribution in [1.82, 2.24) is 4.98 Å². The zero-order valence-electron chi connectivity index (χ0n) is 10.3. The van der Waals surface area contributed by atoms with Crippen LogP contribution in [0, 0.1) is 18.3 Å². The normalized spacial score (nSPS) is 9.68. The smallest absolute Gasteiger partial charge is 0.257 e. The lowest BCUT2D eigenvalue weighted by Gasteiger charge is -2.08. The Morgan fingerprint density at radius 3 is 2.79 bits per heavy atom. The molecule has 0 saturated heterocycles. The van der Waals surface area contributed by atoms with Crippen LogP contribution in [-0.4, -0.2) is 10.9 Å². The van der Waals surface area contributed by atoms with Gasteiger partial charge >= 0.3 is 0 Å². The summed E-state index contributed by atoms with van der Waals surface area (Å²) in [7, 11) is 0. The van der Waals surface area contributed by atoms with Crippen molar-refractivity contribution in [3.05, 3.63) is 53.3 Å². The van der Waals surface area contributed by atoms with Crippen molar-refractivity contribution in [1.29, 1.82) is 5.26 Å². The van der Waals surface area contributed by atoms with Gasteiger partial charge in [-0.2, -0.15) is 5.26 Å². The van der Waals surface area contributed by atoms with Crippen LogP contribution >= 0.6 is 0 Å². The van der Waals surface area contributed by atoms with E-state index < -0.39 is 0 Å². The first-order valence-corrected chi connectivity index (χ1v) is 5.64. The van der Waals surface area contributed by atoms with Crippen molar-refractivity contribution in [2.75, 3.05) is 11.1 Å². The Morgan fingerprint density at radius 2 is 2.16 bits per heavy atom. The topological polar surface area (TPSA) is 91.8 Å². The lowest BCUT2D eigenvalue weighted by Crippen LogP contribution is -2.13. The van der Waals surface area contributed by atoms with Crippen molar-refractivity contribution in [2.24, 2.45) is 0 Å². The molecule has 0 radical (unpaired) electrons. The van der Waals surface area contributed by atoms with Crippen LogP contribution in [0.3, 0.4) is 0 Å². The number of carbonyl (C=O) groups is 1. The maximum Gasteiger partial charge on any atom is 0.257 e. The summed E-state index contributed by atoms with van der Waals surface area (Å²) in [4.78, 5) is 15.8. The van der Waals surface area contributed by atoms with Crippen molar-refractivity contribution in [3.8, 4) is 6.07 Å². The number of nitriles is 1. The molecule has 0 aliphatic carbocycles. The van der Waals surface area contributed by atoms with Gasteiger partial charge in [-0.3, -0.25) is 4.79 Å². The standard InChI is InChI=1S/C14H12N4O/c1-9-2-5-12(16)13(6-9)18-14(19)10-3-4-11(7-15)17-8-10/h2-6,8H,16H2,1H3,(H,18,19). The van der Waals surface area contributed by atoms with E-state index in [0.717, 1.165) is 5.56 Å². The van der Waals surface area contributed by atoms with Crippen LogP contribution in [-0.2, 0) is 0 Å². The van der Waals surface area contributed by atoms with Gasteiger partial charge in [0.2, 0.25) is 0 Å². The number of nitrogen functional groups attached to an aromatic ring is 1. The number of rotatable bonds is 2. The third-order valence-corrected chi connectivity index (χ3v) is 2.60. The molecule has 0 atom stereocenters. The number of nitrogens with one attached hydrogen (secondary N) is 1. The molecule has 3 N–H and O–H groups in total. The van der Waals surface area contributed by atoms with Gasteiger partial charge in [-0.1, -0.05) is 6.07 Å². The first-order chi connectivity index (χ1) is 9.10. The highest BCUT2D eigenvalue weighted by atomic mass is 16.1. The van der Waals surface area contributed by atoms with E-state index >= 15 is 0 Å². The van der Waals surface area contributed by atoms with Crippen LogP contribution < -0.4 is 11.1 Å². The quantitative estimate of drug-likeness (QED) is 0.800. The van der Waals surface area contributed by atoms with E-state index in [1.54, 1.807) is 18.2 Å². The molecule has 0 aliphatic heterocycles. The molecule has 0 unspecified atom stereocenters. The van der Waals surface area contributed by atoms with E-state index in [0.29, 0.717) is 16.9 Å². The molecule has 1 heterocycles. The number of anilines is 2. The summed E-state index contributed by atoms with van der Waals surface area (Å²) in [6, 6.07) is 10.3. The summed E-state index contributed by atoms with van der Waals surface area (Å²) in [5, 5.41) is 11.4. The molecule has 0 fully saturated rings. The highest BCUT2D eigenvalue weighted by Crippen LogP contribution is 2.20. The fraction of sp³-hybridized carbons (Fsp3) is 0.0714. The van der Waals surface area contributed by atoms with Crippen molar-refractivity contribution < 1.29 is 4.79 Å². The Hall–Kier alpha value is -2.87. The number of nitrogens with two attached hydrogens (primary N) is 1. The molecule has 1 amide bonds. The maximum atomic E-state index is 12.0. The SMILES string of the molecule is Cc1ccc(N)c(NC(=O)c2ccc(C#N)nc2)c1. The summed E-state index contributed by atoms with van der Waals surface area (Å²) in [6.07, 6.45) is 1.36. The Bertz CT molecular complexity index is 656. The molecule has 2 aromatic rings. The molecule has 0 bridgehead atoms. The zero-order valence-corrected chi connectivity index (χ0v) is 10.3. The Labute approximate surface area is 110 Å². The molecule has 94 valence electrons. The van der Waals surface area contributed by atoms with Gasteiger partial charge in [-0.05, 0) is 36.8 Å². The molecule has 0 aliphatic rings. The number of hydrogen-bond donors (Lipinski definition) is 2. The molecule has 1 aromatic heterocycles. The average molecular weight is 252 g/mol. The second-order valence-corrected chi connectivity index (χ2v) is 4.09. The first kappa shape index (κ1) is 12.6. The van der Waals surface area contributed by atoms with Gasteiger partial charge in [-0.25, -0.2) is 4.98 Å². The summed E-state index contributed by atoms with van der Waals surface area (Å²) >= 11 is 0. The minimum absolute atomic E-state index is 0.270. The third kappa shape index (κ3) is 2.87. The van der Waals surface area contributed by atoms with E-state index in [2.05, 4.69) is 10.3 Å². The minimum Gasteiger partial charge on any atom is -0.397 e. The van der Waals surface area contributed by atoms with E-state index in [1.807, 2.05) is 19.1 Å². The summed E-state index contributed by atoms with van der Waals surface area (Å²) < 4.78 is 0. The molecular weight excluding hydrogens is 240 g/mol. The predicted octanol–water partition coefficient (Wildman–Crippen LogP) is 2.10. The van der Waals surface area contributed by atoms with Crippen LogP contribution in [0.1, 0.15) is 21.6 Å². The molecule has 19 heavy (non-hydrogen) atoms. The van der Waals surface area contributed by atoms with Crippen LogP contribution in [0.5, 0.6) is 0 Å². The summed E-state index contributed by atoms with van der Waals surface area (Å²) in [6.45, 7) is 1.92. The Balaban J connectivity index is 2.21. The second-order valence-electron chi connectivity index (χ2n) is 4.09. The largest absolute Gasteiger partial charge is 0.397 e. The fourth-order valence-electron chi connectivity index (χ4n) is 1.57. The van der Waals surface area contributed by atoms with E-state index in [4.69, 9.17) is 11.0 Å². The van der Waals surface area contributed by atoms with Gasteiger partial charge in [0, 0.05) is 6.20 Å². The van der Waals surface area contributed by atoms with E-state index in [-0.39, 0.29) is 11.6 Å². The summed E-state index contributed by atoms with van der Waals surface area (Å²) in [5.74, 6) is -0.311. The Morgan fingerprint density at radius 1 is 1.37 bits per heavy atom. The molecule has 1 aromatic carbocycles. The predicted molar refractivity (Wildman–Crippen MR) is 72.5 cm³/mol. The molecular formula is C14H12N4O. The number of aromatic nitrogens is 1. The van der Waals surface area contributed by atoms with Gasteiger partial charge < -0.3 is 11.1 Å². The maximum absolute atomic E-state index is 12.0. The van der Waals surface area contributed by atoms with Crippen molar-refractivity contribution in [3.63, 3.8) is 0 Å². The summed E-state index contributed by atoms with van der Waals surface area (Å²) in [5.41, 5.74) is 8.50. The van der Waals surface area contributed by atoms with Gasteiger partial charge in [0.05, 0.1) is 16.9 Å². The number of hydrogen-bond acceptors (Lipinski definition) is 4. The molecule has 5 heteroatoms. The molecule has 0 saturated carbocycles. The van der Waals surface area contributed by atoms with Gasteiger partial charge in [0.25, 0.3) is 5.91 Å².